The Morgan fingerprint density at radius 2 is 2.06 bits per heavy atom. The minimum absolute atomic E-state index is 0.240. The number of carbonyl (C=O) groups is 1. The van der Waals surface area contributed by atoms with E-state index in [4.69, 9.17) is 9.84 Å². The first kappa shape index (κ1) is 11.1. The molecule has 0 spiro atoms. The molecule has 2 rings (SSSR count). The Morgan fingerprint density at radius 1 is 1.38 bits per heavy atom. The van der Waals surface area contributed by atoms with Gasteiger partial charge in [0.15, 0.2) is 0 Å². The van der Waals surface area contributed by atoms with E-state index in [1.807, 2.05) is 35.2 Å². The maximum Gasteiger partial charge on any atom is 0.320 e. The molecule has 0 amide bonds. The lowest BCUT2D eigenvalue weighted by atomic mass is 10.2. The van der Waals surface area contributed by atoms with Gasteiger partial charge in [-0.05, 0) is 5.56 Å². The van der Waals surface area contributed by atoms with Crippen molar-refractivity contribution in [2.45, 2.75) is 12.7 Å². The zero-order valence-electron chi connectivity index (χ0n) is 9.00. The monoisotopic (exact) mass is 221 g/mol. The van der Waals surface area contributed by atoms with Crippen LogP contribution in [0.5, 0.6) is 0 Å². The number of likely N-dealkylation sites (tertiary alicyclic amines) is 1. The van der Waals surface area contributed by atoms with Gasteiger partial charge in [0.2, 0.25) is 0 Å². The largest absolute Gasteiger partial charge is 0.460 e. The van der Waals surface area contributed by atoms with E-state index in [2.05, 4.69) is 0 Å². The van der Waals surface area contributed by atoms with Gasteiger partial charge in [-0.3, -0.25) is 9.69 Å². The smallest absolute Gasteiger partial charge is 0.320 e. The lowest BCUT2D eigenvalue weighted by Crippen LogP contribution is -2.52. The highest BCUT2D eigenvalue weighted by Crippen LogP contribution is 2.07. The molecule has 86 valence electrons. The molecule has 0 aromatic heterocycles. The molecule has 1 aliphatic heterocycles. The Hall–Kier alpha value is -1.39. The lowest BCUT2D eigenvalue weighted by molar-refractivity contribution is -0.149. The number of aliphatic hydroxyl groups excluding tert-OH is 1. The van der Waals surface area contributed by atoms with E-state index in [9.17, 15) is 4.79 Å². The number of nitrogens with zero attached hydrogens (tertiary/aromatic N) is 1. The first-order chi connectivity index (χ1) is 7.74. The van der Waals surface area contributed by atoms with Crippen LogP contribution in [0.1, 0.15) is 5.56 Å². The van der Waals surface area contributed by atoms with Gasteiger partial charge in [-0.1, -0.05) is 30.3 Å². The number of rotatable bonds is 4. The Morgan fingerprint density at radius 3 is 2.69 bits per heavy atom. The predicted molar refractivity (Wildman–Crippen MR) is 58.7 cm³/mol. The Bertz CT molecular complexity index is 347. The van der Waals surface area contributed by atoms with Crippen LogP contribution in [-0.4, -0.2) is 41.7 Å². The quantitative estimate of drug-likeness (QED) is 0.748. The highest BCUT2D eigenvalue weighted by molar-refractivity contribution is 5.71. The van der Waals surface area contributed by atoms with Crippen LogP contribution in [0.15, 0.2) is 30.3 Å². The number of hydrogen-bond acceptors (Lipinski definition) is 4. The first-order valence-electron chi connectivity index (χ1n) is 5.34. The molecule has 1 aromatic carbocycles. The number of aliphatic hydroxyl groups is 1. The predicted octanol–water partition coefficient (Wildman–Crippen LogP) is 0.406. The highest BCUT2D eigenvalue weighted by Gasteiger charge is 2.26. The third-order valence-corrected chi connectivity index (χ3v) is 2.53. The van der Waals surface area contributed by atoms with Gasteiger partial charge in [-0.25, -0.2) is 0 Å². The van der Waals surface area contributed by atoms with Crippen molar-refractivity contribution >= 4 is 5.97 Å². The molecule has 0 atom stereocenters. The van der Waals surface area contributed by atoms with E-state index in [0.29, 0.717) is 19.7 Å². The third-order valence-electron chi connectivity index (χ3n) is 2.53. The average Bonchev–Trinajstić information content (AvgIpc) is 2.26. The molecule has 0 radical (unpaired) electrons. The molecule has 0 unspecified atom stereocenters. The topological polar surface area (TPSA) is 49.8 Å². The molecule has 1 fully saturated rings. The van der Waals surface area contributed by atoms with Gasteiger partial charge in [0.25, 0.3) is 0 Å². The van der Waals surface area contributed by atoms with Gasteiger partial charge in [0, 0.05) is 13.1 Å². The van der Waals surface area contributed by atoms with Crippen LogP contribution in [0.4, 0.5) is 0 Å². The van der Waals surface area contributed by atoms with E-state index in [-0.39, 0.29) is 18.6 Å². The summed E-state index contributed by atoms with van der Waals surface area (Å²) in [6.45, 7) is 1.72. The number of carbonyl (C=O) groups excluding carboxylic acids is 1. The maximum absolute atomic E-state index is 11.4. The van der Waals surface area contributed by atoms with Crippen LogP contribution in [0.3, 0.4) is 0 Å². The van der Waals surface area contributed by atoms with E-state index < -0.39 is 0 Å². The normalized spacial score (nSPS) is 16.8. The number of benzene rings is 1. The SMILES string of the molecule is O=C(CN1CC(O)C1)OCc1ccccc1. The highest BCUT2D eigenvalue weighted by atomic mass is 16.5. The molecule has 1 N–H and O–H groups in total. The van der Waals surface area contributed by atoms with Crippen LogP contribution < -0.4 is 0 Å². The zero-order valence-corrected chi connectivity index (χ0v) is 9.00. The second kappa shape index (κ2) is 5.09. The second-order valence-electron chi connectivity index (χ2n) is 3.99. The summed E-state index contributed by atoms with van der Waals surface area (Å²) in [5.74, 6) is -0.240. The van der Waals surface area contributed by atoms with Gasteiger partial charge in [-0.2, -0.15) is 0 Å². The number of esters is 1. The molecular weight excluding hydrogens is 206 g/mol. The average molecular weight is 221 g/mol. The third kappa shape index (κ3) is 3.05. The minimum Gasteiger partial charge on any atom is -0.460 e. The molecule has 0 aliphatic carbocycles. The van der Waals surface area contributed by atoms with E-state index in [1.54, 1.807) is 0 Å². The summed E-state index contributed by atoms with van der Waals surface area (Å²) in [6, 6.07) is 9.58. The first-order valence-corrected chi connectivity index (χ1v) is 5.34. The van der Waals surface area contributed by atoms with E-state index >= 15 is 0 Å². The summed E-state index contributed by atoms with van der Waals surface area (Å²) in [5.41, 5.74) is 0.986. The summed E-state index contributed by atoms with van der Waals surface area (Å²) in [6.07, 6.45) is -0.276. The van der Waals surface area contributed by atoms with Crippen molar-refractivity contribution < 1.29 is 14.6 Å². The molecule has 0 bridgehead atoms. The van der Waals surface area contributed by atoms with Crippen molar-refractivity contribution in [3.8, 4) is 0 Å². The van der Waals surface area contributed by atoms with Crippen LogP contribution in [0.25, 0.3) is 0 Å². The summed E-state index contributed by atoms with van der Waals surface area (Å²) in [4.78, 5) is 13.2. The van der Waals surface area contributed by atoms with E-state index in [1.165, 1.54) is 0 Å². The van der Waals surface area contributed by atoms with Gasteiger partial charge in [0.1, 0.15) is 6.61 Å². The van der Waals surface area contributed by atoms with Gasteiger partial charge >= 0.3 is 5.97 Å². The molecule has 1 saturated heterocycles. The molecule has 1 aromatic rings. The van der Waals surface area contributed by atoms with Crippen molar-refractivity contribution in [2.24, 2.45) is 0 Å². The summed E-state index contributed by atoms with van der Waals surface area (Å²) in [5, 5.41) is 9.05. The molecule has 1 aliphatic rings. The minimum atomic E-state index is -0.276. The van der Waals surface area contributed by atoms with Gasteiger partial charge < -0.3 is 9.84 Å². The Labute approximate surface area is 94.4 Å². The molecule has 4 heteroatoms. The Balaban J connectivity index is 1.68. The van der Waals surface area contributed by atoms with Crippen LogP contribution in [-0.2, 0) is 16.1 Å². The zero-order chi connectivity index (χ0) is 11.4. The molecular formula is C12H15NO3. The van der Waals surface area contributed by atoms with Gasteiger partial charge in [-0.15, -0.1) is 0 Å². The summed E-state index contributed by atoms with van der Waals surface area (Å²) in [7, 11) is 0. The van der Waals surface area contributed by atoms with Crippen molar-refractivity contribution in [1.29, 1.82) is 0 Å². The van der Waals surface area contributed by atoms with Crippen LogP contribution >= 0.6 is 0 Å². The number of hydrogen-bond donors (Lipinski definition) is 1. The molecule has 0 saturated carbocycles. The fourth-order valence-corrected chi connectivity index (χ4v) is 1.64. The van der Waals surface area contributed by atoms with Gasteiger partial charge in [0.05, 0.1) is 12.6 Å². The van der Waals surface area contributed by atoms with Crippen molar-refractivity contribution in [1.82, 2.24) is 4.90 Å². The van der Waals surface area contributed by atoms with Crippen LogP contribution in [0.2, 0.25) is 0 Å². The molecule has 1 heterocycles. The Kier molecular flexibility index (Phi) is 3.54. The fourth-order valence-electron chi connectivity index (χ4n) is 1.64. The van der Waals surface area contributed by atoms with Crippen molar-refractivity contribution in [3.05, 3.63) is 35.9 Å². The van der Waals surface area contributed by atoms with Crippen LogP contribution in [0, 0.1) is 0 Å². The van der Waals surface area contributed by atoms with Crippen molar-refractivity contribution in [2.75, 3.05) is 19.6 Å². The summed E-state index contributed by atoms with van der Waals surface area (Å²) >= 11 is 0. The summed E-state index contributed by atoms with van der Waals surface area (Å²) < 4.78 is 5.11. The second-order valence-corrected chi connectivity index (χ2v) is 3.99. The lowest BCUT2D eigenvalue weighted by Gasteiger charge is -2.34. The number of ether oxygens (including phenoxy) is 1. The standard InChI is InChI=1S/C12H15NO3/c14-11-6-13(7-11)8-12(15)16-9-10-4-2-1-3-5-10/h1-5,11,14H,6-9H2. The number of β-amino-alcohol motifs (C(OH)–C–C–N with tert-alkyl or cyclic N) is 1. The maximum atomic E-state index is 11.4. The fraction of sp³-hybridized carbons (Fsp3) is 0.417. The van der Waals surface area contributed by atoms with Crippen molar-refractivity contribution in [3.63, 3.8) is 0 Å². The molecule has 16 heavy (non-hydrogen) atoms. The van der Waals surface area contributed by atoms with E-state index in [0.717, 1.165) is 5.56 Å². The molecule has 4 nitrogen and oxygen atoms in total.